The largest absolute Gasteiger partial charge is 0.394 e. The molecular formula is C26H25FN2O3. The van der Waals surface area contributed by atoms with Crippen LogP contribution >= 0.6 is 0 Å². The molecule has 2 amide bonds. The van der Waals surface area contributed by atoms with Crippen LogP contribution in [-0.2, 0) is 9.59 Å². The minimum atomic E-state index is -0.316. The topological polar surface area (TPSA) is 60.9 Å². The number of piperazine rings is 1. The van der Waals surface area contributed by atoms with Crippen molar-refractivity contribution in [1.82, 2.24) is 9.80 Å². The highest BCUT2D eigenvalue weighted by atomic mass is 19.1. The lowest BCUT2D eigenvalue weighted by molar-refractivity contribution is -0.169. The predicted molar refractivity (Wildman–Crippen MR) is 117 cm³/mol. The van der Waals surface area contributed by atoms with E-state index in [-0.39, 0.29) is 54.7 Å². The van der Waals surface area contributed by atoms with Crippen LogP contribution in [-0.4, -0.2) is 58.5 Å². The molecule has 2 aromatic rings. The van der Waals surface area contributed by atoms with E-state index in [1.807, 2.05) is 24.3 Å². The summed E-state index contributed by atoms with van der Waals surface area (Å²) >= 11 is 0. The smallest absolute Gasteiger partial charge is 0.242 e. The standard InChI is InChI=1S/C26H25FN2O3/c27-21-6-1-3-18(13-21)8-7-17-9-11-19(12-10-17)25-22-14-28(26(32)20-4-2-5-20)15-24(31)29(22)23(25)16-30/h1,3,6,9-13,20,22-23,25,30H,2,4-5,14-16H2/t22-,23-,25-/m0/s1. The molecule has 2 aliphatic heterocycles. The number of nitrogens with zero attached hydrogens (tertiary/aromatic N) is 2. The highest BCUT2D eigenvalue weighted by Crippen LogP contribution is 2.43. The lowest BCUT2D eigenvalue weighted by Gasteiger charge is -2.59. The second kappa shape index (κ2) is 8.40. The zero-order valence-corrected chi connectivity index (χ0v) is 17.7. The van der Waals surface area contributed by atoms with Gasteiger partial charge in [0.05, 0.1) is 25.2 Å². The van der Waals surface area contributed by atoms with Crippen molar-refractivity contribution in [2.75, 3.05) is 19.7 Å². The van der Waals surface area contributed by atoms with Crippen LogP contribution in [0.15, 0.2) is 48.5 Å². The number of carbonyl (C=O) groups is 2. The van der Waals surface area contributed by atoms with Crippen LogP contribution in [0.25, 0.3) is 0 Å². The fourth-order valence-electron chi connectivity index (χ4n) is 5.08. The Morgan fingerprint density at radius 3 is 2.50 bits per heavy atom. The molecule has 1 saturated carbocycles. The maximum Gasteiger partial charge on any atom is 0.242 e. The third-order valence-corrected chi connectivity index (χ3v) is 6.99. The van der Waals surface area contributed by atoms with Gasteiger partial charge in [-0.3, -0.25) is 9.59 Å². The van der Waals surface area contributed by atoms with E-state index in [2.05, 4.69) is 11.8 Å². The fourth-order valence-corrected chi connectivity index (χ4v) is 5.08. The molecule has 0 spiro atoms. The van der Waals surface area contributed by atoms with Crippen LogP contribution in [0.2, 0.25) is 0 Å². The average Bonchev–Trinajstić information content (AvgIpc) is 2.73. The molecule has 164 valence electrons. The highest BCUT2D eigenvalue weighted by molar-refractivity contribution is 5.89. The minimum Gasteiger partial charge on any atom is -0.394 e. The Balaban J connectivity index is 1.33. The number of hydrogen-bond donors (Lipinski definition) is 1. The number of amides is 2. The van der Waals surface area contributed by atoms with E-state index in [9.17, 15) is 19.1 Å². The monoisotopic (exact) mass is 432 g/mol. The number of halogens is 1. The van der Waals surface area contributed by atoms with Gasteiger partial charge in [0, 0.05) is 29.5 Å². The van der Waals surface area contributed by atoms with E-state index in [4.69, 9.17) is 0 Å². The molecule has 32 heavy (non-hydrogen) atoms. The average molecular weight is 432 g/mol. The summed E-state index contributed by atoms with van der Waals surface area (Å²) in [5.41, 5.74) is 2.43. The molecule has 0 unspecified atom stereocenters. The van der Waals surface area contributed by atoms with Gasteiger partial charge in [-0.25, -0.2) is 4.39 Å². The van der Waals surface area contributed by atoms with Gasteiger partial charge in [-0.2, -0.15) is 0 Å². The van der Waals surface area contributed by atoms with Gasteiger partial charge < -0.3 is 14.9 Å². The summed E-state index contributed by atoms with van der Waals surface area (Å²) < 4.78 is 13.3. The highest BCUT2D eigenvalue weighted by Gasteiger charge is 2.54. The van der Waals surface area contributed by atoms with Gasteiger partial charge >= 0.3 is 0 Å². The third-order valence-electron chi connectivity index (χ3n) is 6.99. The first-order valence-corrected chi connectivity index (χ1v) is 11.1. The summed E-state index contributed by atoms with van der Waals surface area (Å²) in [6, 6.07) is 13.5. The number of carbonyl (C=O) groups excluding carboxylic acids is 2. The zero-order valence-electron chi connectivity index (χ0n) is 17.7. The Hall–Kier alpha value is -3.17. The van der Waals surface area contributed by atoms with Gasteiger partial charge in [-0.1, -0.05) is 36.5 Å². The molecule has 2 heterocycles. The first kappa shape index (κ1) is 20.7. The molecule has 1 aliphatic carbocycles. The summed E-state index contributed by atoms with van der Waals surface area (Å²) in [6.07, 6.45) is 2.91. The van der Waals surface area contributed by atoms with Crippen LogP contribution < -0.4 is 0 Å². The van der Waals surface area contributed by atoms with E-state index in [1.54, 1.807) is 21.9 Å². The van der Waals surface area contributed by atoms with Crippen molar-refractivity contribution < 1.29 is 19.1 Å². The lowest BCUT2D eigenvalue weighted by atomic mass is 9.73. The van der Waals surface area contributed by atoms with Crippen molar-refractivity contribution >= 4 is 11.8 Å². The van der Waals surface area contributed by atoms with Gasteiger partial charge in [0.1, 0.15) is 5.82 Å². The number of fused-ring (bicyclic) bond motifs is 1. The lowest BCUT2D eigenvalue weighted by Crippen LogP contribution is -2.73. The molecule has 1 N–H and O–H groups in total. The van der Waals surface area contributed by atoms with E-state index >= 15 is 0 Å². The van der Waals surface area contributed by atoms with Crippen molar-refractivity contribution in [3.63, 3.8) is 0 Å². The van der Waals surface area contributed by atoms with Crippen LogP contribution in [0.1, 0.15) is 41.9 Å². The van der Waals surface area contributed by atoms with Crippen LogP contribution in [0.3, 0.4) is 0 Å². The summed E-state index contributed by atoms with van der Waals surface area (Å²) in [7, 11) is 0. The van der Waals surface area contributed by atoms with Crippen molar-refractivity contribution in [2.45, 2.75) is 37.3 Å². The first-order valence-electron chi connectivity index (χ1n) is 11.1. The molecule has 3 atom stereocenters. The maximum absolute atomic E-state index is 13.3. The van der Waals surface area contributed by atoms with Crippen molar-refractivity contribution in [1.29, 1.82) is 0 Å². The summed E-state index contributed by atoms with van der Waals surface area (Å²) in [4.78, 5) is 28.9. The van der Waals surface area contributed by atoms with Crippen molar-refractivity contribution in [3.05, 3.63) is 71.0 Å². The van der Waals surface area contributed by atoms with Gasteiger partial charge in [-0.05, 0) is 48.7 Å². The maximum atomic E-state index is 13.3. The molecule has 5 nitrogen and oxygen atoms in total. The van der Waals surface area contributed by atoms with Gasteiger partial charge in [-0.15, -0.1) is 0 Å². The quantitative estimate of drug-likeness (QED) is 0.759. The molecule has 6 heteroatoms. The van der Waals surface area contributed by atoms with Gasteiger partial charge in [0.15, 0.2) is 0 Å². The first-order chi connectivity index (χ1) is 15.5. The molecule has 2 aromatic carbocycles. The van der Waals surface area contributed by atoms with Crippen molar-refractivity contribution in [2.24, 2.45) is 5.92 Å². The summed E-state index contributed by atoms with van der Waals surface area (Å²) in [5, 5.41) is 9.94. The van der Waals surface area contributed by atoms with E-state index in [0.29, 0.717) is 12.1 Å². The fraction of sp³-hybridized carbons (Fsp3) is 0.385. The Bertz CT molecular complexity index is 1100. The predicted octanol–water partition coefficient (Wildman–Crippen LogP) is 2.52. The van der Waals surface area contributed by atoms with E-state index in [0.717, 1.165) is 30.4 Å². The SMILES string of the molecule is O=C(C1CCC1)N1CC(=O)N2[C@@H](CO)[C@@H](c3ccc(C#Cc4cccc(F)c4)cc3)[C@@H]2C1. The second-order valence-corrected chi connectivity index (χ2v) is 8.87. The van der Waals surface area contributed by atoms with Gasteiger partial charge in [0.2, 0.25) is 11.8 Å². The molecule has 3 aliphatic rings. The minimum absolute atomic E-state index is 0.0221. The molecular weight excluding hydrogens is 407 g/mol. The second-order valence-electron chi connectivity index (χ2n) is 8.87. The molecule has 2 saturated heterocycles. The zero-order chi connectivity index (χ0) is 22.2. The Kier molecular flexibility index (Phi) is 5.44. The molecule has 0 radical (unpaired) electrons. The third kappa shape index (κ3) is 3.67. The van der Waals surface area contributed by atoms with Gasteiger partial charge in [0.25, 0.3) is 0 Å². The Morgan fingerprint density at radius 2 is 1.84 bits per heavy atom. The van der Waals surface area contributed by atoms with Crippen LogP contribution in [0.4, 0.5) is 4.39 Å². The number of hydrogen-bond acceptors (Lipinski definition) is 3. The molecule has 3 fully saturated rings. The summed E-state index contributed by atoms with van der Waals surface area (Å²) in [5.74, 6) is 5.75. The van der Waals surface area contributed by atoms with Crippen LogP contribution in [0.5, 0.6) is 0 Å². The number of aliphatic hydroxyl groups excluding tert-OH is 1. The van der Waals surface area contributed by atoms with E-state index < -0.39 is 0 Å². The Morgan fingerprint density at radius 1 is 1.09 bits per heavy atom. The number of rotatable bonds is 3. The van der Waals surface area contributed by atoms with Crippen LogP contribution in [0, 0.1) is 23.6 Å². The van der Waals surface area contributed by atoms with Crippen molar-refractivity contribution in [3.8, 4) is 11.8 Å². The normalized spacial score (nSPS) is 24.7. The summed E-state index contributed by atoms with van der Waals surface area (Å²) in [6.45, 7) is 0.525. The number of benzene rings is 2. The van der Waals surface area contributed by atoms with E-state index in [1.165, 1.54) is 12.1 Å². The molecule has 0 bridgehead atoms. The Labute approximate surface area is 186 Å². The number of aliphatic hydroxyl groups is 1. The molecule has 0 aromatic heterocycles. The molecule has 5 rings (SSSR count).